The molecule has 0 saturated heterocycles. The van der Waals surface area contributed by atoms with E-state index in [1.807, 2.05) is 32.3 Å². The van der Waals surface area contributed by atoms with Gasteiger partial charge in [-0.2, -0.15) is 5.10 Å². The molecular formula is C18H15ClN6O. The summed E-state index contributed by atoms with van der Waals surface area (Å²) in [5.74, 6) is 0. The van der Waals surface area contributed by atoms with Crippen LogP contribution >= 0.6 is 11.6 Å². The molecule has 0 unspecified atom stereocenters. The van der Waals surface area contributed by atoms with E-state index in [-0.39, 0.29) is 0 Å². The molecule has 4 aromatic rings. The number of aldehydes is 1. The fourth-order valence-corrected chi connectivity index (χ4v) is 3.12. The third kappa shape index (κ3) is 2.76. The van der Waals surface area contributed by atoms with Crippen LogP contribution in [0.5, 0.6) is 0 Å². The minimum atomic E-state index is 0.497. The molecule has 8 heteroatoms. The number of fused-ring (bicyclic) bond motifs is 1. The van der Waals surface area contributed by atoms with Gasteiger partial charge in [-0.3, -0.25) is 9.48 Å². The summed E-state index contributed by atoms with van der Waals surface area (Å²) in [5, 5.41) is 13.3. The Morgan fingerprint density at radius 2 is 2.00 bits per heavy atom. The largest absolute Gasteiger partial charge is 0.298 e. The van der Waals surface area contributed by atoms with Gasteiger partial charge in [0.1, 0.15) is 5.52 Å². The van der Waals surface area contributed by atoms with Crippen molar-refractivity contribution in [2.24, 2.45) is 7.05 Å². The monoisotopic (exact) mass is 366 g/mol. The number of carbonyl (C=O) groups is 1. The number of rotatable bonds is 4. The van der Waals surface area contributed by atoms with Crippen molar-refractivity contribution in [2.45, 2.75) is 13.5 Å². The fourth-order valence-electron chi connectivity index (χ4n) is 2.99. The fraction of sp³-hybridized carbons (Fsp3) is 0.167. The number of nitrogens with zero attached hydrogens (tertiary/aromatic N) is 6. The number of pyridine rings is 1. The van der Waals surface area contributed by atoms with Crippen molar-refractivity contribution in [1.82, 2.24) is 29.8 Å². The Labute approximate surface area is 154 Å². The average molecular weight is 367 g/mol. The highest BCUT2D eigenvalue weighted by molar-refractivity contribution is 6.30. The molecule has 7 nitrogen and oxygen atoms in total. The van der Waals surface area contributed by atoms with Gasteiger partial charge in [0.15, 0.2) is 11.9 Å². The van der Waals surface area contributed by atoms with Crippen molar-refractivity contribution >= 4 is 29.1 Å². The maximum atomic E-state index is 11.7. The lowest BCUT2D eigenvalue weighted by Crippen LogP contribution is -2.04. The first-order valence-electron chi connectivity index (χ1n) is 7.99. The van der Waals surface area contributed by atoms with E-state index >= 15 is 0 Å². The van der Waals surface area contributed by atoms with Gasteiger partial charge in [-0.15, -0.1) is 5.10 Å². The maximum absolute atomic E-state index is 11.7. The number of hydrogen-bond acceptors (Lipinski definition) is 5. The number of hydrogen-bond donors (Lipinski definition) is 0. The first-order chi connectivity index (χ1) is 12.6. The summed E-state index contributed by atoms with van der Waals surface area (Å²) >= 11 is 6.00. The first-order valence-corrected chi connectivity index (χ1v) is 8.37. The van der Waals surface area contributed by atoms with E-state index in [9.17, 15) is 4.79 Å². The Kier molecular flexibility index (Phi) is 4.00. The smallest absolute Gasteiger partial charge is 0.179 e. The SMILES string of the molecule is Cc1nc2c(nnn2Cc2cnn(C)c2)c(-c2ccc(Cl)cc2)c1C=O. The first kappa shape index (κ1) is 16.4. The van der Waals surface area contributed by atoms with Gasteiger partial charge < -0.3 is 0 Å². The third-order valence-electron chi connectivity index (χ3n) is 4.22. The Hall–Kier alpha value is -3.06. The second kappa shape index (κ2) is 6.34. The quantitative estimate of drug-likeness (QED) is 0.519. The number of aryl methyl sites for hydroxylation is 2. The summed E-state index contributed by atoms with van der Waals surface area (Å²) in [5.41, 5.74) is 4.91. The second-order valence-electron chi connectivity index (χ2n) is 6.05. The van der Waals surface area contributed by atoms with Crippen LogP contribution in [0.3, 0.4) is 0 Å². The molecule has 0 bridgehead atoms. The standard InChI is InChI=1S/C18H15ClN6O/c1-11-15(10-26)16(13-3-5-14(19)6-4-13)17-18(21-11)25(23-22-17)9-12-7-20-24(2)8-12/h3-8,10H,9H2,1-2H3. The molecule has 0 aliphatic heterocycles. The van der Waals surface area contributed by atoms with E-state index in [0.29, 0.717) is 34.0 Å². The molecular weight excluding hydrogens is 352 g/mol. The zero-order valence-corrected chi connectivity index (χ0v) is 15.0. The lowest BCUT2D eigenvalue weighted by atomic mass is 9.99. The average Bonchev–Trinajstić information content (AvgIpc) is 3.21. The van der Waals surface area contributed by atoms with E-state index in [0.717, 1.165) is 23.0 Å². The van der Waals surface area contributed by atoms with Gasteiger partial charge in [0.05, 0.1) is 18.4 Å². The predicted octanol–water partition coefficient (Wildman–Crippen LogP) is 3.05. The minimum Gasteiger partial charge on any atom is -0.298 e. The highest BCUT2D eigenvalue weighted by atomic mass is 35.5. The normalized spacial score (nSPS) is 11.2. The number of aromatic nitrogens is 6. The molecule has 0 saturated carbocycles. The zero-order chi connectivity index (χ0) is 18.3. The predicted molar refractivity (Wildman–Crippen MR) is 98.2 cm³/mol. The summed E-state index contributed by atoms with van der Waals surface area (Å²) in [7, 11) is 1.86. The molecule has 3 heterocycles. The van der Waals surface area contributed by atoms with Crippen LogP contribution in [0.15, 0.2) is 36.7 Å². The lowest BCUT2D eigenvalue weighted by molar-refractivity contribution is 0.112. The van der Waals surface area contributed by atoms with E-state index in [2.05, 4.69) is 20.4 Å². The minimum absolute atomic E-state index is 0.497. The molecule has 3 aromatic heterocycles. The molecule has 1 aromatic carbocycles. The highest BCUT2D eigenvalue weighted by Crippen LogP contribution is 2.31. The molecule has 0 amide bonds. The van der Waals surface area contributed by atoms with Gasteiger partial charge in [0.25, 0.3) is 0 Å². The molecule has 26 heavy (non-hydrogen) atoms. The maximum Gasteiger partial charge on any atom is 0.179 e. The van der Waals surface area contributed by atoms with Crippen LogP contribution in [0, 0.1) is 6.92 Å². The topological polar surface area (TPSA) is 78.5 Å². The van der Waals surface area contributed by atoms with Gasteiger partial charge in [-0.05, 0) is 24.6 Å². The van der Waals surface area contributed by atoms with Crippen LogP contribution in [0.4, 0.5) is 0 Å². The summed E-state index contributed by atoms with van der Waals surface area (Å²) < 4.78 is 3.45. The highest BCUT2D eigenvalue weighted by Gasteiger charge is 2.19. The Balaban J connectivity index is 1.92. The van der Waals surface area contributed by atoms with Gasteiger partial charge >= 0.3 is 0 Å². The molecule has 0 aliphatic carbocycles. The van der Waals surface area contributed by atoms with E-state index in [1.54, 1.807) is 27.7 Å². The molecule has 4 rings (SSSR count). The third-order valence-corrected chi connectivity index (χ3v) is 4.47. The molecule has 0 atom stereocenters. The number of carbonyl (C=O) groups excluding carboxylic acids is 1. The molecule has 0 radical (unpaired) electrons. The number of benzene rings is 1. The molecule has 130 valence electrons. The van der Waals surface area contributed by atoms with Gasteiger partial charge in [-0.25, -0.2) is 9.67 Å². The summed E-state index contributed by atoms with van der Waals surface area (Å²) in [6.45, 7) is 2.31. The van der Waals surface area contributed by atoms with Crippen LogP contribution in [0.2, 0.25) is 5.02 Å². The van der Waals surface area contributed by atoms with Crippen molar-refractivity contribution in [3.63, 3.8) is 0 Å². The van der Waals surface area contributed by atoms with Gasteiger partial charge in [0.2, 0.25) is 0 Å². The van der Waals surface area contributed by atoms with Crippen molar-refractivity contribution in [3.8, 4) is 11.1 Å². The van der Waals surface area contributed by atoms with Crippen molar-refractivity contribution in [3.05, 3.63) is 58.5 Å². The van der Waals surface area contributed by atoms with Crippen molar-refractivity contribution < 1.29 is 4.79 Å². The second-order valence-corrected chi connectivity index (χ2v) is 6.49. The van der Waals surface area contributed by atoms with Crippen LogP contribution < -0.4 is 0 Å². The Bertz CT molecular complexity index is 1110. The van der Waals surface area contributed by atoms with Gasteiger partial charge in [-0.1, -0.05) is 28.9 Å². The van der Waals surface area contributed by atoms with Crippen molar-refractivity contribution in [1.29, 1.82) is 0 Å². The van der Waals surface area contributed by atoms with E-state index in [1.165, 1.54) is 0 Å². The molecule has 0 fully saturated rings. The van der Waals surface area contributed by atoms with Crippen LogP contribution in [-0.2, 0) is 13.6 Å². The summed E-state index contributed by atoms with van der Waals surface area (Å²) in [4.78, 5) is 16.3. The summed E-state index contributed by atoms with van der Waals surface area (Å²) in [6.07, 6.45) is 4.51. The molecule has 0 N–H and O–H groups in total. The van der Waals surface area contributed by atoms with Crippen LogP contribution in [-0.4, -0.2) is 36.0 Å². The Morgan fingerprint density at radius 1 is 1.23 bits per heavy atom. The van der Waals surface area contributed by atoms with Crippen LogP contribution in [0.25, 0.3) is 22.3 Å². The van der Waals surface area contributed by atoms with Crippen LogP contribution in [0.1, 0.15) is 21.6 Å². The summed E-state index contributed by atoms with van der Waals surface area (Å²) in [6, 6.07) is 7.30. The lowest BCUT2D eigenvalue weighted by Gasteiger charge is -2.09. The van der Waals surface area contributed by atoms with E-state index < -0.39 is 0 Å². The van der Waals surface area contributed by atoms with E-state index in [4.69, 9.17) is 11.6 Å². The molecule has 0 aliphatic rings. The van der Waals surface area contributed by atoms with Crippen molar-refractivity contribution in [2.75, 3.05) is 0 Å². The number of halogens is 1. The molecule has 0 spiro atoms. The zero-order valence-electron chi connectivity index (χ0n) is 14.2. The Morgan fingerprint density at radius 3 is 2.65 bits per heavy atom. The van der Waals surface area contributed by atoms with Gasteiger partial charge in [0, 0.05) is 35.0 Å².